The molecule has 0 unspecified atom stereocenters. The van der Waals surface area contributed by atoms with E-state index in [1.54, 1.807) is 0 Å². The van der Waals surface area contributed by atoms with E-state index in [2.05, 4.69) is 44.3 Å². The van der Waals surface area contributed by atoms with Gasteiger partial charge in [0, 0.05) is 0 Å². The second-order valence-electron chi connectivity index (χ2n) is 3.29. The monoisotopic (exact) mass is 212 g/mol. The molecule has 1 rings (SSSR count). The molecule has 0 aliphatic heterocycles. The van der Waals surface area contributed by atoms with Crippen molar-refractivity contribution in [1.82, 2.24) is 0 Å². The zero-order valence-electron chi connectivity index (χ0n) is 7.90. The lowest BCUT2D eigenvalue weighted by atomic mass is 10.1. The fourth-order valence-corrected chi connectivity index (χ4v) is 1.89. The third kappa shape index (κ3) is 3.28. The Morgan fingerprint density at radius 2 is 1.77 bits per heavy atom. The summed E-state index contributed by atoms with van der Waals surface area (Å²) in [6.07, 6.45) is 3.37. The fourth-order valence-electron chi connectivity index (χ4n) is 1.27. The third-order valence-corrected chi connectivity index (χ3v) is 3.08. The van der Waals surface area contributed by atoms with Crippen LogP contribution in [0.1, 0.15) is 31.7 Å². The molecule has 13 heavy (non-hydrogen) atoms. The van der Waals surface area contributed by atoms with E-state index >= 15 is 0 Å². The van der Waals surface area contributed by atoms with Gasteiger partial charge in [-0.05, 0) is 12.0 Å². The molecule has 0 saturated carbocycles. The van der Waals surface area contributed by atoms with Gasteiger partial charge >= 0.3 is 0 Å². The van der Waals surface area contributed by atoms with E-state index in [1.807, 2.05) is 18.2 Å². The summed E-state index contributed by atoms with van der Waals surface area (Å²) in [5.74, 6) is 0. The third-order valence-electron chi connectivity index (χ3n) is 2.12. The Kier molecular flexibility index (Phi) is 4.20. The summed E-state index contributed by atoms with van der Waals surface area (Å²) in [6.45, 7) is 2.18. The second kappa shape index (κ2) is 4.97. The first-order chi connectivity index (χ1) is 6.17. The topological polar surface area (TPSA) is 0 Å². The Labute approximate surface area is 91.6 Å². The minimum absolute atomic E-state index is 0.267. The van der Waals surface area contributed by atoms with Crippen LogP contribution in [0.25, 0.3) is 0 Å². The molecule has 0 N–H and O–H groups in total. The van der Waals surface area contributed by atoms with Crippen molar-refractivity contribution in [1.29, 1.82) is 0 Å². The van der Waals surface area contributed by atoms with Crippen LogP contribution in [-0.2, 0) is 4.08 Å². The summed E-state index contributed by atoms with van der Waals surface area (Å²) in [5.41, 5.74) is 1.19. The van der Waals surface area contributed by atoms with Crippen molar-refractivity contribution < 1.29 is 0 Å². The molecule has 0 amide bonds. The van der Waals surface area contributed by atoms with Crippen LogP contribution in [0, 0.1) is 0 Å². The number of unbranched alkanes of at least 4 members (excludes halogenated alkanes) is 1. The van der Waals surface area contributed by atoms with Crippen molar-refractivity contribution in [3.8, 4) is 0 Å². The molecule has 0 aliphatic rings. The molecule has 0 radical (unpaired) electrons. The quantitative estimate of drug-likeness (QED) is 0.549. The molecule has 0 atom stereocenters. The van der Waals surface area contributed by atoms with Crippen LogP contribution < -0.4 is 0 Å². The minimum Gasteiger partial charge on any atom is -0.157 e. The zero-order valence-corrected chi connectivity index (χ0v) is 9.69. The zero-order chi connectivity index (χ0) is 9.73. The first-order valence-corrected chi connectivity index (χ1v) is 5.56. The van der Waals surface area contributed by atoms with Crippen molar-refractivity contribution in [3.63, 3.8) is 0 Å². The van der Waals surface area contributed by atoms with E-state index in [1.165, 1.54) is 18.4 Å². The molecule has 1 aromatic rings. The summed E-state index contributed by atoms with van der Waals surface area (Å²) in [5, 5.41) is 0. The van der Waals surface area contributed by atoms with Crippen molar-refractivity contribution in [2.75, 3.05) is 0 Å². The maximum atomic E-state index is 4.57. The average Bonchev–Trinajstić information content (AvgIpc) is 2.16. The van der Waals surface area contributed by atoms with E-state index in [9.17, 15) is 0 Å². The Balaban J connectivity index is 2.69. The summed E-state index contributed by atoms with van der Waals surface area (Å²) in [7, 11) is 0. The number of benzene rings is 1. The van der Waals surface area contributed by atoms with Gasteiger partial charge in [0.2, 0.25) is 0 Å². The lowest BCUT2D eigenvalue weighted by Crippen LogP contribution is -2.09. The van der Waals surface area contributed by atoms with E-state index in [0.29, 0.717) is 0 Å². The number of thiol groups is 2. The second-order valence-corrected chi connectivity index (χ2v) is 5.17. The Bertz CT molecular complexity index is 242. The number of hydrogen-bond donors (Lipinski definition) is 2. The molecule has 0 heterocycles. The van der Waals surface area contributed by atoms with E-state index < -0.39 is 0 Å². The highest BCUT2D eigenvalue weighted by molar-refractivity contribution is 7.99. The van der Waals surface area contributed by atoms with Gasteiger partial charge in [-0.2, -0.15) is 25.3 Å². The summed E-state index contributed by atoms with van der Waals surface area (Å²) in [4.78, 5) is 0. The van der Waals surface area contributed by atoms with Gasteiger partial charge in [-0.3, -0.25) is 0 Å². The highest BCUT2D eigenvalue weighted by atomic mass is 32.2. The van der Waals surface area contributed by atoms with Gasteiger partial charge in [-0.1, -0.05) is 50.1 Å². The van der Waals surface area contributed by atoms with Crippen LogP contribution in [0.3, 0.4) is 0 Å². The van der Waals surface area contributed by atoms with Gasteiger partial charge in [-0.25, -0.2) is 0 Å². The van der Waals surface area contributed by atoms with Crippen LogP contribution in [0.15, 0.2) is 30.3 Å². The minimum atomic E-state index is -0.267. The first kappa shape index (κ1) is 11.0. The van der Waals surface area contributed by atoms with Crippen molar-refractivity contribution >= 4 is 25.3 Å². The van der Waals surface area contributed by atoms with Crippen molar-refractivity contribution in [2.45, 2.75) is 30.3 Å². The summed E-state index contributed by atoms with van der Waals surface area (Å²) >= 11 is 9.15. The Hall–Kier alpha value is -0.0800. The van der Waals surface area contributed by atoms with Crippen LogP contribution in [0.4, 0.5) is 0 Å². The maximum Gasteiger partial charge on any atom is 0.0802 e. The highest BCUT2D eigenvalue weighted by Crippen LogP contribution is 2.37. The molecule has 0 nitrogen and oxygen atoms in total. The molecule has 0 bridgehead atoms. The number of rotatable bonds is 4. The van der Waals surface area contributed by atoms with Crippen LogP contribution in [0.5, 0.6) is 0 Å². The van der Waals surface area contributed by atoms with Gasteiger partial charge in [-0.15, -0.1) is 0 Å². The van der Waals surface area contributed by atoms with Gasteiger partial charge < -0.3 is 0 Å². The van der Waals surface area contributed by atoms with Crippen LogP contribution in [-0.4, -0.2) is 0 Å². The largest absolute Gasteiger partial charge is 0.157 e. The molecule has 0 aromatic heterocycles. The fraction of sp³-hybridized carbons (Fsp3) is 0.455. The predicted molar refractivity (Wildman–Crippen MR) is 65.6 cm³/mol. The molecular formula is C11H16S2. The Morgan fingerprint density at radius 1 is 1.15 bits per heavy atom. The summed E-state index contributed by atoms with van der Waals surface area (Å²) in [6, 6.07) is 10.2. The Morgan fingerprint density at radius 3 is 2.31 bits per heavy atom. The molecule has 0 aliphatic carbocycles. The summed E-state index contributed by atoms with van der Waals surface area (Å²) < 4.78 is -0.267. The average molecular weight is 212 g/mol. The van der Waals surface area contributed by atoms with Gasteiger partial charge in [0.15, 0.2) is 0 Å². The van der Waals surface area contributed by atoms with Crippen molar-refractivity contribution in [2.24, 2.45) is 0 Å². The smallest absolute Gasteiger partial charge is 0.0802 e. The first-order valence-electron chi connectivity index (χ1n) is 4.67. The standard InChI is InChI=1S/C11H16S2/c1-2-3-9-11(12,13)10-7-5-4-6-8-10/h4-8,12-13H,2-3,9H2,1H3. The van der Waals surface area contributed by atoms with Gasteiger partial charge in [0.1, 0.15) is 0 Å². The van der Waals surface area contributed by atoms with Crippen LogP contribution >= 0.6 is 25.3 Å². The van der Waals surface area contributed by atoms with Crippen molar-refractivity contribution in [3.05, 3.63) is 35.9 Å². The molecule has 2 heteroatoms. The van der Waals surface area contributed by atoms with E-state index in [4.69, 9.17) is 0 Å². The van der Waals surface area contributed by atoms with Crippen LogP contribution in [0.2, 0.25) is 0 Å². The molecular weight excluding hydrogens is 196 g/mol. The van der Waals surface area contributed by atoms with E-state index in [-0.39, 0.29) is 4.08 Å². The predicted octanol–water partition coefficient (Wildman–Crippen LogP) is 3.89. The normalized spacial score (nSPS) is 11.6. The lowest BCUT2D eigenvalue weighted by Gasteiger charge is -2.22. The van der Waals surface area contributed by atoms with Gasteiger partial charge in [0.25, 0.3) is 0 Å². The number of hydrogen-bond acceptors (Lipinski definition) is 2. The maximum absolute atomic E-state index is 4.57. The molecule has 0 spiro atoms. The molecule has 0 saturated heterocycles. The van der Waals surface area contributed by atoms with Gasteiger partial charge in [0.05, 0.1) is 4.08 Å². The lowest BCUT2D eigenvalue weighted by molar-refractivity contribution is 0.681. The molecule has 0 fully saturated rings. The molecule has 1 aromatic carbocycles. The highest BCUT2D eigenvalue weighted by Gasteiger charge is 2.21. The SMILES string of the molecule is CCCCC(S)(S)c1ccccc1. The van der Waals surface area contributed by atoms with E-state index in [0.717, 1.165) is 6.42 Å². The molecule has 72 valence electrons.